The summed E-state index contributed by atoms with van der Waals surface area (Å²) in [4.78, 5) is 12.5. The molecule has 0 unspecified atom stereocenters. The van der Waals surface area contributed by atoms with Gasteiger partial charge in [0, 0.05) is 27.2 Å². The topological polar surface area (TPSA) is 19.4 Å². The summed E-state index contributed by atoms with van der Waals surface area (Å²) in [7, 11) is 0. The SMILES string of the molecule is c1ccc(N2c3ccccc3N(c3ccccc3-c3ncccc3B3c4ccccc4Sc4ccccc43)c3ccccc32)cc1. The standard InChI is InChI=1S/C41H28BN3S/c1-2-15-29(16-3-1)44-35-22-8-10-24-37(35)45(38-25-11-9-23-36(38)44)34-21-7-4-17-30(34)41-33(20-14-28-43-41)42-31-18-5-12-26-39(31)46-40-27-13-6-19-32(40)42/h1-28H. The Morgan fingerprint density at radius 2 is 0.891 bits per heavy atom. The predicted molar refractivity (Wildman–Crippen MR) is 194 cm³/mol. The third kappa shape index (κ3) is 4.27. The molecule has 7 aromatic rings. The van der Waals surface area contributed by atoms with Crippen molar-refractivity contribution < 1.29 is 0 Å². The summed E-state index contributed by atoms with van der Waals surface area (Å²) in [5, 5.41) is 0. The van der Waals surface area contributed by atoms with Crippen LogP contribution in [0, 0.1) is 0 Å². The van der Waals surface area contributed by atoms with Crippen LogP contribution >= 0.6 is 11.8 Å². The van der Waals surface area contributed by atoms with Crippen molar-refractivity contribution in [2.24, 2.45) is 0 Å². The van der Waals surface area contributed by atoms with Gasteiger partial charge in [0.2, 0.25) is 6.71 Å². The molecule has 2 aliphatic heterocycles. The Kier molecular flexibility index (Phi) is 6.50. The smallest absolute Gasteiger partial charge is 0.246 e. The number of hydrogen-bond donors (Lipinski definition) is 0. The van der Waals surface area contributed by atoms with Crippen LogP contribution in [0.2, 0.25) is 0 Å². The second kappa shape index (κ2) is 11.1. The van der Waals surface area contributed by atoms with Crippen molar-refractivity contribution in [2.45, 2.75) is 9.79 Å². The molecule has 2 aliphatic rings. The third-order valence-corrected chi connectivity index (χ3v) is 10.2. The zero-order chi connectivity index (χ0) is 30.5. The number of anilines is 6. The van der Waals surface area contributed by atoms with Gasteiger partial charge in [0.15, 0.2) is 0 Å². The molecule has 5 heteroatoms. The molecule has 0 aliphatic carbocycles. The Balaban J connectivity index is 1.27. The van der Waals surface area contributed by atoms with E-state index in [1.165, 1.54) is 26.2 Å². The average Bonchev–Trinajstić information content (AvgIpc) is 3.13. The van der Waals surface area contributed by atoms with Gasteiger partial charge < -0.3 is 9.80 Å². The van der Waals surface area contributed by atoms with Crippen molar-refractivity contribution >= 4 is 69.0 Å². The van der Waals surface area contributed by atoms with E-state index in [1.807, 2.05) is 18.0 Å². The van der Waals surface area contributed by atoms with Crippen molar-refractivity contribution in [3.05, 3.63) is 170 Å². The summed E-state index contributed by atoms with van der Waals surface area (Å²) < 4.78 is 0. The number of para-hydroxylation sites is 6. The average molecular weight is 606 g/mol. The maximum atomic E-state index is 5.16. The van der Waals surface area contributed by atoms with Crippen molar-refractivity contribution in [2.75, 3.05) is 9.80 Å². The van der Waals surface area contributed by atoms with Gasteiger partial charge in [0.1, 0.15) is 0 Å². The molecule has 6 aromatic carbocycles. The van der Waals surface area contributed by atoms with Gasteiger partial charge in [-0.05, 0) is 66.1 Å². The first-order valence-electron chi connectivity index (χ1n) is 15.6. The van der Waals surface area contributed by atoms with Gasteiger partial charge in [-0.25, -0.2) is 0 Å². The molecule has 216 valence electrons. The Morgan fingerprint density at radius 1 is 0.413 bits per heavy atom. The summed E-state index contributed by atoms with van der Waals surface area (Å²) >= 11 is 1.86. The molecule has 0 saturated carbocycles. The lowest BCUT2D eigenvalue weighted by Gasteiger charge is -2.41. The van der Waals surface area contributed by atoms with Crippen LogP contribution in [0.3, 0.4) is 0 Å². The maximum absolute atomic E-state index is 5.16. The lowest BCUT2D eigenvalue weighted by Crippen LogP contribution is -2.55. The summed E-state index contributed by atoms with van der Waals surface area (Å²) in [6, 6.07) is 58.7. The Labute approximate surface area is 273 Å². The monoisotopic (exact) mass is 605 g/mol. The highest BCUT2D eigenvalue weighted by Gasteiger charge is 2.35. The van der Waals surface area contributed by atoms with Gasteiger partial charge in [-0.1, -0.05) is 126 Å². The number of pyridine rings is 1. The highest BCUT2D eigenvalue weighted by atomic mass is 32.2. The highest BCUT2D eigenvalue weighted by molar-refractivity contribution is 8.00. The predicted octanol–water partition coefficient (Wildman–Crippen LogP) is 8.98. The molecule has 3 nitrogen and oxygen atoms in total. The largest absolute Gasteiger partial charge is 0.306 e. The van der Waals surface area contributed by atoms with Crippen LogP contribution in [0.5, 0.6) is 0 Å². The second-order valence-electron chi connectivity index (χ2n) is 11.6. The van der Waals surface area contributed by atoms with Crippen LogP contribution in [-0.2, 0) is 0 Å². The molecule has 0 spiro atoms. The lowest BCUT2D eigenvalue weighted by molar-refractivity contribution is 1.17. The van der Waals surface area contributed by atoms with E-state index in [0.717, 1.165) is 45.4 Å². The fourth-order valence-corrected chi connectivity index (χ4v) is 8.19. The molecule has 3 heterocycles. The van der Waals surface area contributed by atoms with Crippen molar-refractivity contribution in [1.29, 1.82) is 0 Å². The lowest BCUT2D eigenvalue weighted by atomic mass is 9.36. The fraction of sp³-hybridized carbons (Fsp3) is 0. The Hall–Kier alpha value is -5.52. The molecule has 0 bridgehead atoms. The fourth-order valence-electron chi connectivity index (χ4n) is 7.05. The van der Waals surface area contributed by atoms with E-state index in [0.29, 0.717) is 0 Å². The summed E-state index contributed by atoms with van der Waals surface area (Å²) in [6.07, 6.45) is 1.93. The van der Waals surface area contributed by atoms with Crippen molar-refractivity contribution in [1.82, 2.24) is 4.98 Å². The first-order chi connectivity index (χ1) is 22.9. The van der Waals surface area contributed by atoms with Crippen LogP contribution < -0.4 is 26.2 Å². The van der Waals surface area contributed by atoms with Crippen molar-refractivity contribution in [3.63, 3.8) is 0 Å². The number of aromatic nitrogens is 1. The van der Waals surface area contributed by atoms with Crippen LogP contribution in [-0.4, -0.2) is 11.7 Å². The zero-order valence-corrected chi connectivity index (χ0v) is 25.8. The zero-order valence-electron chi connectivity index (χ0n) is 25.0. The molecule has 9 rings (SSSR count). The first kappa shape index (κ1) is 26.8. The van der Waals surface area contributed by atoms with Gasteiger partial charge in [0.05, 0.1) is 34.1 Å². The van der Waals surface area contributed by atoms with E-state index < -0.39 is 0 Å². The summed E-state index contributed by atoms with van der Waals surface area (Å²) in [5.41, 5.74) is 12.7. The number of benzene rings is 6. The maximum Gasteiger partial charge on any atom is 0.246 e. The van der Waals surface area contributed by atoms with Gasteiger partial charge in [-0.3, -0.25) is 4.98 Å². The molecule has 0 atom stereocenters. The minimum atomic E-state index is 0.0694. The van der Waals surface area contributed by atoms with Crippen LogP contribution in [0.25, 0.3) is 11.3 Å². The number of rotatable bonds is 4. The second-order valence-corrected chi connectivity index (χ2v) is 12.6. The molecule has 46 heavy (non-hydrogen) atoms. The summed E-state index contributed by atoms with van der Waals surface area (Å²) in [5.74, 6) is 0. The van der Waals surface area contributed by atoms with Crippen LogP contribution in [0.4, 0.5) is 34.1 Å². The third-order valence-electron chi connectivity index (χ3n) is 8.97. The summed E-state index contributed by atoms with van der Waals surface area (Å²) in [6.45, 7) is 0.0694. The minimum absolute atomic E-state index is 0.0694. The Bertz CT molecular complexity index is 2140. The first-order valence-corrected chi connectivity index (χ1v) is 16.4. The number of fused-ring (bicyclic) bond motifs is 4. The van der Waals surface area contributed by atoms with Crippen LogP contribution in [0.1, 0.15) is 0 Å². The molecule has 0 radical (unpaired) electrons. The van der Waals surface area contributed by atoms with E-state index in [1.54, 1.807) is 0 Å². The molecule has 0 saturated heterocycles. The van der Waals surface area contributed by atoms with Gasteiger partial charge in [-0.2, -0.15) is 0 Å². The molecule has 0 N–H and O–H groups in total. The van der Waals surface area contributed by atoms with E-state index in [-0.39, 0.29) is 6.71 Å². The van der Waals surface area contributed by atoms with Gasteiger partial charge in [0.25, 0.3) is 0 Å². The molecule has 0 fully saturated rings. The van der Waals surface area contributed by atoms with E-state index in [2.05, 4.69) is 174 Å². The minimum Gasteiger partial charge on any atom is -0.306 e. The van der Waals surface area contributed by atoms with Crippen molar-refractivity contribution in [3.8, 4) is 11.3 Å². The quantitative estimate of drug-likeness (QED) is 0.187. The number of hydrogen-bond acceptors (Lipinski definition) is 4. The molecular weight excluding hydrogens is 577 g/mol. The van der Waals surface area contributed by atoms with Gasteiger partial charge in [-0.15, -0.1) is 0 Å². The van der Waals surface area contributed by atoms with E-state index in [4.69, 9.17) is 4.98 Å². The van der Waals surface area contributed by atoms with E-state index in [9.17, 15) is 0 Å². The van der Waals surface area contributed by atoms with Crippen LogP contribution in [0.15, 0.2) is 180 Å². The van der Waals surface area contributed by atoms with Gasteiger partial charge >= 0.3 is 0 Å². The molecule has 0 amide bonds. The molecular formula is C41H28BN3S. The molecule has 1 aromatic heterocycles. The highest BCUT2D eigenvalue weighted by Crippen LogP contribution is 2.55. The number of nitrogens with zero attached hydrogens (tertiary/aromatic N) is 3. The normalized spacial score (nSPS) is 13.0. The van der Waals surface area contributed by atoms with E-state index >= 15 is 0 Å². The Morgan fingerprint density at radius 3 is 1.52 bits per heavy atom.